The number of aromatic nitrogens is 2. The lowest BCUT2D eigenvalue weighted by Crippen LogP contribution is -2.04. The number of allylic oxidation sites excluding steroid dienone is 1. The van der Waals surface area contributed by atoms with Gasteiger partial charge in [0.15, 0.2) is 0 Å². The van der Waals surface area contributed by atoms with Crippen LogP contribution in [0.1, 0.15) is 44.4 Å². The molecule has 0 N–H and O–H groups in total. The summed E-state index contributed by atoms with van der Waals surface area (Å²) in [4.78, 5) is 4.58. The van der Waals surface area contributed by atoms with E-state index in [0.717, 1.165) is 30.9 Å². The van der Waals surface area contributed by atoms with Crippen LogP contribution in [0.2, 0.25) is 0 Å². The maximum absolute atomic E-state index is 4.58. The Morgan fingerprint density at radius 1 is 1.40 bits per heavy atom. The van der Waals surface area contributed by atoms with Gasteiger partial charge >= 0.3 is 0 Å². The maximum atomic E-state index is 4.58. The monoisotopic (exact) mass is 204 g/mol. The van der Waals surface area contributed by atoms with E-state index in [2.05, 4.69) is 42.1 Å². The molecule has 0 amide bonds. The summed E-state index contributed by atoms with van der Waals surface area (Å²) in [7, 11) is 0. The summed E-state index contributed by atoms with van der Waals surface area (Å²) in [6.45, 7) is 11.2. The Morgan fingerprint density at radius 2 is 2.13 bits per heavy atom. The predicted molar refractivity (Wildman–Crippen MR) is 66.7 cm³/mol. The van der Waals surface area contributed by atoms with Crippen LogP contribution in [0.4, 0.5) is 0 Å². The molecule has 1 heterocycles. The number of hydrogen-bond donors (Lipinski definition) is 0. The number of nitrogens with zero attached hydrogens (tertiary/aromatic N) is 2. The number of rotatable bonds is 5. The molecule has 0 radical (unpaired) electrons. The molecular weight excluding hydrogens is 184 g/mol. The Bertz CT molecular complexity index is 359. The standard InChI is InChI=1S/C13H20N2/c1-5-9-12-11(7-3)14-13(8-4)15(12)10-6-2/h5,7,9H,3,6,8,10H2,1-2,4H3/b9-5+. The summed E-state index contributed by atoms with van der Waals surface area (Å²) in [5.41, 5.74) is 2.18. The number of imidazole rings is 1. The number of hydrogen-bond acceptors (Lipinski definition) is 1. The minimum Gasteiger partial charge on any atom is -0.328 e. The zero-order valence-electron chi connectivity index (χ0n) is 9.95. The molecule has 0 aliphatic carbocycles. The second-order valence-electron chi connectivity index (χ2n) is 3.51. The lowest BCUT2D eigenvalue weighted by atomic mass is 10.3. The van der Waals surface area contributed by atoms with Gasteiger partial charge in [-0.1, -0.05) is 26.5 Å². The van der Waals surface area contributed by atoms with E-state index in [-0.39, 0.29) is 0 Å². The van der Waals surface area contributed by atoms with Crippen molar-refractivity contribution >= 4 is 12.2 Å². The van der Waals surface area contributed by atoms with Crippen LogP contribution in [0, 0.1) is 0 Å². The normalized spacial score (nSPS) is 11.1. The van der Waals surface area contributed by atoms with Gasteiger partial charge in [0, 0.05) is 13.0 Å². The largest absolute Gasteiger partial charge is 0.328 e. The van der Waals surface area contributed by atoms with E-state index in [0.29, 0.717) is 0 Å². The molecule has 0 aliphatic rings. The first-order chi connectivity index (χ1) is 7.28. The van der Waals surface area contributed by atoms with Crippen LogP contribution in [0.15, 0.2) is 12.7 Å². The van der Waals surface area contributed by atoms with E-state index in [1.165, 1.54) is 5.69 Å². The second-order valence-corrected chi connectivity index (χ2v) is 3.51. The van der Waals surface area contributed by atoms with Gasteiger partial charge in [0.2, 0.25) is 0 Å². The third kappa shape index (κ3) is 2.38. The van der Waals surface area contributed by atoms with Gasteiger partial charge in [0.1, 0.15) is 5.82 Å². The molecule has 2 heteroatoms. The quantitative estimate of drug-likeness (QED) is 0.717. The van der Waals surface area contributed by atoms with Gasteiger partial charge in [-0.3, -0.25) is 0 Å². The molecule has 0 saturated carbocycles. The van der Waals surface area contributed by atoms with Crippen LogP contribution >= 0.6 is 0 Å². The van der Waals surface area contributed by atoms with E-state index in [1.807, 2.05) is 13.0 Å². The fourth-order valence-electron chi connectivity index (χ4n) is 1.76. The van der Waals surface area contributed by atoms with Crippen molar-refractivity contribution in [3.8, 4) is 0 Å². The molecule has 0 fully saturated rings. The summed E-state index contributed by atoms with van der Waals surface area (Å²) in [6, 6.07) is 0. The highest BCUT2D eigenvalue weighted by atomic mass is 15.1. The topological polar surface area (TPSA) is 17.8 Å². The predicted octanol–water partition coefficient (Wildman–Crippen LogP) is 3.53. The van der Waals surface area contributed by atoms with Gasteiger partial charge in [0.05, 0.1) is 11.4 Å². The molecule has 82 valence electrons. The van der Waals surface area contributed by atoms with Crippen molar-refractivity contribution in [2.45, 2.75) is 40.2 Å². The summed E-state index contributed by atoms with van der Waals surface area (Å²) in [5, 5.41) is 0. The smallest absolute Gasteiger partial charge is 0.109 e. The third-order valence-corrected chi connectivity index (χ3v) is 2.40. The van der Waals surface area contributed by atoms with Crippen molar-refractivity contribution in [1.82, 2.24) is 9.55 Å². The second kappa shape index (κ2) is 5.54. The first kappa shape index (κ1) is 11.8. The summed E-state index contributed by atoms with van der Waals surface area (Å²) in [5.74, 6) is 1.15. The molecule has 1 aromatic heterocycles. The van der Waals surface area contributed by atoms with Gasteiger partial charge in [0.25, 0.3) is 0 Å². The van der Waals surface area contributed by atoms with Crippen LogP contribution < -0.4 is 0 Å². The average Bonchev–Trinajstić information content (AvgIpc) is 2.58. The fourth-order valence-corrected chi connectivity index (χ4v) is 1.76. The molecule has 0 unspecified atom stereocenters. The molecule has 0 aromatic carbocycles. The molecule has 2 nitrogen and oxygen atoms in total. The minimum atomic E-state index is 0.971. The molecule has 0 spiro atoms. The van der Waals surface area contributed by atoms with Gasteiger partial charge in [-0.2, -0.15) is 0 Å². The molecule has 0 aliphatic heterocycles. The average molecular weight is 204 g/mol. The molecule has 0 saturated heterocycles. The summed E-state index contributed by atoms with van der Waals surface area (Å²) >= 11 is 0. The molecule has 0 atom stereocenters. The van der Waals surface area contributed by atoms with Crippen molar-refractivity contribution in [1.29, 1.82) is 0 Å². The van der Waals surface area contributed by atoms with E-state index >= 15 is 0 Å². The van der Waals surface area contributed by atoms with E-state index in [1.54, 1.807) is 0 Å². The van der Waals surface area contributed by atoms with Crippen LogP contribution in [0.25, 0.3) is 12.2 Å². The minimum absolute atomic E-state index is 0.971. The SMILES string of the molecule is C=Cc1nc(CC)n(CCC)c1/C=C/C. The van der Waals surface area contributed by atoms with Crippen molar-refractivity contribution in [2.24, 2.45) is 0 Å². The molecule has 1 aromatic rings. The van der Waals surface area contributed by atoms with E-state index in [9.17, 15) is 0 Å². The Morgan fingerprint density at radius 3 is 2.60 bits per heavy atom. The zero-order valence-corrected chi connectivity index (χ0v) is 9.95. The van der Waals surface area contributed by atoms with Gasteiger partial charge in [-0.15, -0.1) is 0 Å². The van der Waals surface area contributed by atoms with Gasteiger partial charge in [-0.25, -0.2) is 4.98 Å². The van der Waals surface area contributed by atoms with Crippen LogP contribution in [-0.4, -0.2) is 9.55 Å². The molecular formula is C13H20N2. The van der Waals surface area contributed by atoms with Crippen LogP contribution in [0.5, 0.6) is 0 Å². The Hall–Kier alpha value is -1.31. The van der Waals surface area contributed by atoms with Crippen molar-refractivity contribution in [3.05, 3.63) is 29.9 Å². The Labute approximate surface area is 92.3 Å². The Kier molecular flexibility index (Phi) is 4.35. The highest BCUT2D eigenvalue weighted by Crippen LogP contribution is 2.16. The molecule has 15 heavy (non-hydrogen) atoms. The zero-order chi connectivity index (χ0) is 11.3. The highest BCUT2D eigenvalue weighted by molar-refractivity contribution is 5.59. The lowest BCUT2D eigenvalue weighted by molar-refractivity contribution is 0.638. The van der Waals surface area contributed by atoms with Crippen LogP contribution in [-0.2, 0) is 13.0 Å². The third-order valence-electron chi connectivity index (χ3n) is 2.40. The first-order valence-electron chi connectivity index (χ1n) is 5.62. The number of aryl methyl sites for hydroxylation is 1. The Balaban J connectivity index is 3.27. The van der Waals surface area contributed by atoms with E-state index < -0.39 is 0 Å². The molecule has 0 bridgehead atoms. The van der Waals surface area contributed by atoms with Crippen molar-refractivity contribution < 1.29 is 0 Å². The highest BCUT2D eigenvalue weighted by Gasteiger charge is 2.10. The van der Waals surface area contributed by atoms with Gasteiger partial charge in [-0.05, 0) is 25.5 Å². The van der Waals surface area contributed by atoms with Gasteiger partial charge < -0.3 is 4.57 Å². The van der Waals surface area contributed by atoms with Crippen molar-refractivity contribution in [2.75, 3.05) is 0 Å². The maximum Gasteiger partial charge on any atom is 0.109 e. The first-order valence-corrected chi connectivity index (χ1v) is 5.62. The summed E-state index contributed by atoms with van der Waals surface area (Å²) < 4.78 is 2.29. The van der Waals surface area contributed by atoms with Crippen LogP contribution in [0.3, 0.4) is 0 Å². The lowest BCUT2D eigenvalue weighted by Gasteiger charge is -2.07. The summed E-state index contributed by atoms with van der Waals surface area (Å²) in [6.07, 6.45) is 8.10. The molecule has 1 rings (SSSR count). The van der Waals surface area contributed by atoms with E-state index in [4.69, 9.17) is 0 Å². The fraction of sp³-hybridized carbons (Fsp3) is 0.462. The van der Waals surface area contributed by atoms with Crippen molar-refractivity contribution in [3.63, 3.8) is 0 Å².